The van der Waals surface area contributed by atoms with Crippen LogP contribution in [0.4, 0.5) is 0 Å². The minimum Gasteiger partial charge on any atom is -0.291 e. The van der Waals surface area contributed by atoms with E-state index in [1.54, 1.807) is 0 Å². The van der Waals surface area contributed by atoms with Gasteiger partial charge in [-0.05, 0) is 55.6 Å². The van der Waals surface area contributed by atoms with Gasteiger partial charge in [-0.3, -0.25) is 4.40 Å². The van der Waals surface area contributed by atoms with Gasteiger partial charge in [-0.2, -0.15) is 0 Å². The fourth-order valence-corrected chi connectivity index (χ4v) is 7.68. The second kappa shape index (κ2) is 12.0. The van der Waals surface area contributed by atoms with E-state index < -0.39 is 0 Å². The maximum atomic E-state index is 5.52. The van der Waals surface area contributed by atoms with Crippen molar-refractivity contribution >= 4 is 38.1 Å². The number of rotatable bonds is 5. The molecule has 0 aliphatic carbocycles. The Balaban J connectivity index is 1.19. The highest BCUT2D eigenvalue weighted by Gasteiger charge is 2.22. The molecule has 0 N–H and O–H groups in total. The first-order chi connectivity index (χ1) is 25.3. The normalized spacial score (nSPS) is 11.5. The Morgan fingerprint density at radius 3 is 1.43 bits per heavy atom. The van der Waals surface area contributed by atoms with Crippen molar-refractivity contribution in [1.82, 2.24) is 9.38 Å². The SMILES string of the molecule is c1ccc(-c2ccc(-c3ccc(-c4ccc5c6ccc7ccccc7c6c6nc(-c7ccccc7)c(-c7ccccc7)n6c5c4)cc3)cc2)cc1. The van der Waals surface area contributed by atoms with E-state index in [4.69, 9.17) is 4.98 Å². The molecule has 10 rings (SSSR count). The lowest BCUT2D eigenvalue weighted by Crippen LogP contribution is -1.96. The maximum absolute atomic E-state index is 5.52. The predicted molar refractivity (Wildman–Crippen MR) is 215 cm³/mol. The number of hydrogen-bond donors (Lipinski definition) is 0. The number of nitrogens with zero attached hydrogens (tertiary/aromatic N) is 2. The number of pyridine rings is 1. The van der Waals surface area contributed by atoms with Crippen LogP contribution in [0.25, 0.3) is 94.0 Å². The van der Waals surface area contributed by atoms with Crippen molar-refractivity contribution in [2.45, 2.75) is 0 Å². The van der Waals surface area contributed by atoms with E-state index in [1.165, 1.54) is 60.3 Å². The molecule has 238 valence electrons. The summed E-state index contributed by atoms with van der Waals surface area (Å²) in [6.07, 6.45) is 0. The molecule has 0 bridgehead atoms. The molecule has 0 aliphatic heterocycles. The molecular weight excluding hydrogens is 617 g/mol. The quantitative estimate of drug-likeness (QED) is 0.170. The molecule has 0 fully saturated rings. The zero-order valence-corrected chi connectivity index (χ0v) is 27.9. The predicted octanol–water partition coefficient (Wildman–Crippen LogP) is 13.1. The Labute approximate surface area is 296 Å². The second-order valence-corrected chi connectivity index (χ2v) is 13.2. The van der Waals surface area contributed by atoms with Crippen LogP contribution in [0.2, 0.25) is 0 Å². The molecule has 0 radical (unpaired) electrons. The van der Waals surface area contributed by atoms with Gasteiger partial charge in [-0.15, -0.1) is 0 Å². The molecule has 8 aromatic carbocycles. The lowest BCUT2D eigenvalue weighted by molar-refractivity contribution is 1.27. The third kappa shape index (κ3) is 4.92. The van der Waals surface area contributed by atoms with Crippen LogP contribution >= 0.6 is 0 Å². The molecule has 0 unspecified atom stereocenters. The molecular formula is C49H32N2. The molecule has 0 saturated heterocycles. The van der Waals surface area contributed by atoms with Crippen molar-refractivity contribution < 1.29 is 0 Å². The number of aromatic nitrogens is 2. The van der Waals surface area contributed by atoms with Gasteiger partial charge >= 0.3 is 0 Å². The molecule has 2 aromatic heterocycles. The Hall–Kier alpha value is -6.77. The first-order valence-corrected chi connectivity index (χ1v) is 17.5. The lowest BCUT2D eigenvalue weighted by atomic mass is 9.96. The third-order valence-electron chi connectivity index (χ3n) is 10.2. The molecule has 2 heterocycles. The van der Waals surface area contributed by atoms with E-state index in [1.807, 2.05) is 0 Å². The number of hydrogen-bond acceptors (Lipinski definition) is 1. The van der Waals surface area contributed by atoms with E-state index in [-0.39, 0.29) is 0 Å². The Kier molecular flexibility index (Phi) is 6.85. The van der Waals surface area contributed by atoms with Crippen molar-refractivity contribution in [3.05, 3.63) is 194 Å². The van der Waals surface area contributed by atoms with Crippen molar-refractivity contribution in [3.63, 3.8) is 0 Å². The van der Waals surface area contributed by atoms with Crippen LogP contribution in [0.15, 0.2) is 194 Å². The maximum Gasteiger partial charge on any atom is 0.147 e. The minimum atomic E-state index is 0.971. The fraction of sp³-hybridized carbons (Fsp3) is 0. The average molecular weight is 649 g/mol. The highest BCUT2D eigenvalue weighted by Crippen LogP contribution is 2.42. The summed E-state index contributed by atoms with van der Waals surface area (Å²) < 4.78 is 2.41. The summed E-state index contributed by atoms with van der Waals surface area (Å²) in [6.45, 7) is 0. The second-order valence-electron chi connectivity index (χ2n) is 13.2. The van der Waals surface area contributed by atoms with Crippen molar-refractivity contribution in [2.75, 3.05) is 0 Å². The summed E-state index contributed by atoms with van der Waals surface area (Å²) in [6, 6.07) is 69.7. The van der Waals surface area contributed by atoms with Gasteiger partial charge in [-0.25, -0.2) is 4.98 Å². The van der Waals surface area contributed by atoms with Crippen LogP contribution in [-0.4, -0.2) is 9.38 Å². The van der Waals surface area contributed by atoms with Gasteiger partial charge in [0, 0.05) is 21.9 Å². The summed E-state index contributed by atoms with van der Waals surface area (Å²) >= 11 is 0. The summed E-state index contributed by atoms with van der Waals surface area (Å²) in [5.74, 6) is 0. The van der Waals surface area contributed by atoms with Gasteiger partial charge in [0.15, 0.2) is 0 Å². The summed E-state index contributed by atoms with van der Waals surface area (Å²) in [4.78, 5) is 5.52. The van der Waals surface area contributed by atoms with Crippen LogP contribution in [0.5, 0.6) is 0 Å². The summed E-state index contributed by atoms with van der Waals surface area (Å²) in [5, 5.41) is 6.01. The smallest absolute Gasteiger partial charge is 0.147 e. The minimum absolute atomic E-state index is 0.971. The van der Waals surface area contributed by atoms with Crippen LogP contribution < -0.4 is 0 Å². The molecule has 2 heteroatoms. The van der Waals surface area contributed by atoms with Gasteiger partial charge in [-0.1, -0.05) is 188 Å². The largest absolute Gasteiger partial charge is 0.291 e. The lowest BCUT2D eigenvalue weighted by Gasteiger charge is -2.15. The zero-order valence-electron chi connectivity index (χ0n) is 27.9. The van der Waals surface area contributed by atoms with Gasteiger partial charge < -0.3 is 0 Å². The summed E-state index contributed by atoms with van der Waals surface area (Å²) in [7, 11) is 0. The number of imidazole rings is 1. The Morgan fingerprint density at radius 2 is 0.804 bits per heavy atom. The topological polar surface area (TPSA) is 17.3 Å². The Bertz CT molecular complexity index is 2850. The molecule has 0 atom stereocenters. The molecule has 2 nitrogen and oxygen atoms in total. The van der Waals surface area contributed by atoms with Gasteiger partial charge in [0.05, 0.1) is 16.9 Å². The van der Waals surface area contributed by atoms with E-state index >= 15 is 0 Å². The van der Waals surface area contributed by atoms with E-state index in [0.717, 1.165) is 33.7 Å². The van der Waals surface area contributed by atoms with Gasteiger partial charge in [0.1, 0.15) is 5.65 Å². The van der Waals surface area contributed by atoms with Crippen LogP contribution in [0.1, 0.15) is 0 Å². The zero-order chi connectivity index (χ0) is 33.7. The van der Waals surface area contributed by atoms with Crippen molar-refractivity contribution in [3.8, 4) is 55.9 Å². The fourth-order valence-electron chi connectivity index (χ4n) is 7.68. The monoisotopic (exact) mass is 648 g/mol. The highest BCUT2D eigenvalue weighted by molar-refractivity contribution is 6.23. The van der Waals surface area contributed by atoms with Gasteiger partial charge in [0.2, 0.25) is 0 Å². The van der Waals surface area contributed by atoms with Crippen LogP contribution in [0, 0.1) is 0 Å². The van der Waals surface area contributed by atoms with Crippen LogP contribution in [-0.2, 0) is 0 Å². The number of fused-ring (bicyclic) bond motifs is 8. The number of benzene rings is 8. The first kappa shape index (κ1) is 29.2. The summed E-state index contributed by atoms with van der Waals surface area (Å²) in [5.41, 5.74) is 13.6. The van der Waals surface area contributed by atoms with Gasteiger partial charge in [0.25, 0.3) is 0 Å². The standard InChI is InChI=1S/C49H32N2/c1-4-12-33(13-5-1)34-20-22-35(23-21-34)36-24-26-37(27-25-36)41-29-30-43-44-31-28-38-14-10-11-19-42(38)46(44)49-50-47(39-15-6-2-7-16-39)48(51(49)45(43)32-41)40-17-8-3-9-18-40/h1-32H. The van der Waals surface area contributed by atoms with Crippen LogP contribution in [0.3, 0.4) is 0 Å². The van der Waals surface area contributed by atoms with E-state index in [2.05, 4.69) is 199 Å². The third-order valence-corrected chi connectivity index (χ3v) is 10.2. The highest BCUT2D eigenvalue weighted by atomic mass is 15.0. The molecule has 10 aromatic rings. The van der Waals surface area contributed by atoms with Crippen molar-refractivity contribution in [1.29, 1.82) is 0 Å². The Morgan fingerprint density at radius 1 is 0.333 bits per heavy atom. The van der Waals surface area contributed by atoms with E-state index in [0.29, 0.717) is 0 Å². The average Bonchev–Trinajstić information content (AvgIpc) is 3.63. The molecule has 0 amide bonds. The van der Waals surface area contributed by atoms with E-state index in [9.17, 15) is 0 Å². The first-order valence-electron chi connectivity index (χ1n) is 17.5. The molecule has 0 spiro atoms. The van der Waals surface area contributed by atoms with Crippen molar-refractivity contribution in [2.24, 2.45) is 0 Å². The molecule has 0 saturated carbocycles. The molecule has 51 heavy (non-hydrogen) atoms. The molecule has 0 aliphatic rings.